The highest BCUT2D eigenvalue weighted by Crippen LogP contribution is 2.23. The molecular weight excluding hydrogens is 203 g/mol. The number of hydrogen-bond donors (Lipinski definition) is 0. The molecule has 0 radical (unpaired) electrons. The molecule has 3 heteroatoms. The largest absolute Gasteiger partial charge is 0.369 e. The number of rotatable bonds is 2. The van der Waals surface area contributed by atoms with Gasteiger partial charge in [-0.15, -0.1) is 0 Å². The van der Waals surface area contributed by atoms with Crippen molar-refractivity contribution < 1.29 is 4.39 Å². The van der Waals surface area contributed by atoms with Gasteiger partial charge in [0.1, 0.15) is 5.82 Å². The Kier molecular flexibility index (Phi) is 3.44. The van der Waals surface area contributed by atoms with E-state index >= 15 is 0 Å². The summed E-state index contributed by atoms with van der Waals surface area (Å²) in [6.07, 6.45) is 0.888. The van der Waals surface area contributed by atoms with Gasteiger partial charge in [0.05, 0.1) is 0 Å². The van der Waals surface area contributed by atoms with E-state index in [0.717, 1.165) is 38.2 Å². The maximum Gasteiger partial charge on any atom is 0.123 e. The maximum absolute atomic E-state index is 13.1. The van der Waals surface area contributed by atoms with Crippen LogP contribution in [0.5, 0.6) is 0 Å². The molecular formula is C13H19FN2. The highest BCUT2D eigenvalue weighted by atomic mass is 19.1. The van der Waals surface area contributed by atoms with E-state index in [1.165, 1.54) is 5.69 Å². The zero-order valence-corrected chi connectivity index (χ0v) is 10.0. The van der Waals surface area contributed by atoms with Crippen molar-refractivity contribution in [1.82, 2.24) is 4.90 Å². The Labute approximate surface area is 96.7 Å². The molecule has 1 saturated heterocycles. The van der Waals surface area contributed by atoms with Crippen molar-refractivity contribution in [2.24, 2.45) is 0 Å². The predicted molar refractivity (Wildman–Crippen MR) is 65.5 cm³/mol. The van der Waals surface area contributed by atoms with Crippen LogP contribution in [-0.4, -0.2) is 38.1 Å². The molecule has 0 unspecified atom stereocenters. The molecule has 0 spiro atoms. The van der Waals surface area contributed by atoms with Crippen LogP contribution >= 0.6 is 0 Å². The average Bonchev–Trinajstić information content (AvgIpc) is 2.30. The molecule has 2 rings (SSSR count). The van der Waals surface area contributed by atoms with Crippen LogP contribution in [0.2, 0.25) is 0 Å². The first kappa shape index (κ1) is 11.4. The van der Waals surface area contributed by atoms with Crippen LogP contribution in [0, 0.1) is 5.82 Å². The lowest BCUT2D eigenvalue weighted by Crippen LogP contribution is -2.44. The number of halogens is 1. The summed E-state index contributed by atoms with van der Waals surface area (Å²) >= 11 is 0. The van der Waals surface area contributed by atoms with Crippen LogP contribution in [0.15, 0.2) is 18.2 Å². The molecule has 2 nitrogen and oxygen atoms in total. The molecule has 1 heterocycles. The van der Waals surface area contributed by atoms with Gasteiger partial charge in [-0.25, -0.2) is 4.39 Å². The summed E-state index contributed by atoms with van der Waals surface area (Å²) in [4.78, 5) is 4.68. The molecule has 1 aliphatic heterocycles. The van der Waals surface area contributed by atoms with Gasteiger partial charge in [-0.1, -0.05) is 6.92 Å². The molecule has 0 aromatic heterocycles. The topological polar surface area (TPSA) is 6.48 Å². The lowest BCUT2D eigenvalue weighted by Gasteiger charge is -2.35. The standard InChI is InChI=1S/C13H19FN2/c1-3-11-10-12(14)4-5-13(11)16-8-6-15(2)7-9-16/h4-5,10H,3,6-9H2,1-2H3. The van der Waals surface area contributed by atoms with Crippen LogP contribution in [0.3, 0.4) is 0 Å². The summed E-state index contributed by atoms with van der Waals surface area (Å²) in [5, 5.41) is 0. The van der Waals surface area contributed by atoms with Crippen molar-refractivity contribution in [2.75, 3.05) is 38.1 Å². The fourth-order valence-electron chi connectivity index (χ4n) is 2.19. The third kappa shape index (κ3) is 2.35. The molecule has 0 aliphatic carbocycles. The minimum atomic E-state index is -0.130. The van der Waals surface area contributed by atoms with Gasteiger partial charge in [0.25, 0.3) is 0 Å². The normalized spacial score (nSPS) is 17.8. The zero-order chi connectivity index (χ0) is 11.5. The van der Waals surface area contributed by atoms with Crippen molar-refractivity contribution in [1.29, 1.82) is 0 Å². The van der Waals surface area contributed by atoms with Gasteiger partial charge in [0, 0.05) is 31.9 Å². The minimum absolute atomic E-state index is 0.130. The van der Waals surface area contributed by atoms with E-state index in [2.05, 4.69) is 23.8 Å². The van der Waals surface area contributed by atoms with E-state index in [4.69, 9.17) is 0 Å². The molecule has 88 valence electrons. The molecule has 0 amide bonds. The van der Waals surface area contributed by atoms with Gasteiger partial charge in [-0.2, -0.15) is 0 Å². The fraction of sp³-hybridized carbons (Fsp3) is 0.538. The second kappa shape index (κ2) is 4.83. The summed E-state index contributed by atoms with van der Waals surface area (Å²) in [5.41, 5.74) is 2.32. The third-order valence-corrected chi connectivity index (χ3v) is 3.27. The Morgan fingerprint density at radius 2 is 1.88 bits per heavy atom. The second-order valence-electron chi connectivity index (χ2n) is 4.42. The number of aryl methyl sites for hydroxylation is 1. The summed E-state index contributed by atoms with van der Waals surface area (Å²) < 4.78 is 13.1. The van der Waals surface area contributed by atoms with Crippen LogP contribution in [0.25, 0.3) is 0 Å². The van der Waals surface area contributed by atoms with Crippen molar-refractivity contribution in [3.8, 4) is 0 Å². The Balaban J connectivity index is 2.19. The molecule has 0 bridgehead atoms. The van der Waals surface area contributed by atoms with Gasteiger partial charge in [-0.3, -0.25) is 0 Å². The van der Waals surface area contributed by atoms with Gasteiger partial charge < -0.3 is 9.80 Å². The zero-order valence-electron chi connectivity index (χ0n) is 10.0. The quantitative estimate of drug-likeness (QED) is 0.756. The number of benzene rings is 1. The van der Waals surface area contributed by atoms with E-state index in [0.29, 0.717) is 0 Å². The molecule has 0 N–H and O–H groups in total. The first-order valence-electron chi connectivity index (χ1n) is 5.92. The lowest BCUT2D eigenvalue weighted by atomic mass is 10.1. The summed E-state index contributed by atoms with van der Waals surface area (Å²) in [7, 11) is 2.14. The van der Waals surface area contributed by atoms with E-state index in [9.17, 15) is 4.39 Å². The van der Waals surface area contributed by atoms with Crippen LogP contribution in [0.4, 0.5) is 10.1 Å². The SMILES string of the molecule is CCc1cc(F)ccc1N1CCN(C)CC1. The van der Waals surface area contributed by atoms with Gasteiger partial charge in [-0.05, 0) is 37.2 Å². The fourth-order valence-corrected chi connectivity index (χ4v) is 2.19. The van der Waals surface area contributed by atoms with E-state index < -0.39 is 0 Å². The number of anilines is 1. The molecule has 16 heavy (non-hydrogen) atoms. The van der Waals surface area contributed by atoms with E-state index in [1.807, 2.05) is 6.07 Å². The van der Waals surface area contributed by atoms with Gasteiger partial charge in [0.2, 0.25) is 0 Å². The van der Waals surface area contributed by atoms with Crippen LogP contribution in [-0.2, 0) is 6.42 Å². The number of hydrogen-bond acceptors (Lipinski definition) is 2. The highest BCUT2D eigenvalue weighted by Gasteiger charge is 2.16. The van der Waals surface area contributed by atoms with Crippen molar-refractivity contribution >= 4 is 5.69 Å². The Hall–Kier alpha value is -1.09. The molecule has 0 atom stereocenters. The molecule has 1 fully saturated rings. The predicted octanol–water partition coefficient (Wildman–Crippen LogP) is 2.14. The smallest absolute Gasteiger partial charge is 0.123 e. The first-order chi connectivity index (χ1) is 7.70. The van der Waals surface area contributed by atoms with E-state index in [1.54, 1.807) is 12.1 Å². The van der Waals surface area contributed by atoms with Gasteiger partial charge >= 0.3 is 0 Å². The van der Waals surface area contributed by atoms with Crippen LogP contribution < -0.4 is 4.90 Å². The number of nitrogens with zero attached hydrogens (tertiary/aromatic N) is 2. The average molecular weight is 222 g/mol. The Morgan fingerprint density at radius 1 is 1.19 bits per heavy atom. The highest BCUT2D eigenvalue weighted by molar-refractivity contribution is 5.54. The first-order valence-corrected chi connectivity index (χ1v) is 5.92. The molecule has 0 saturated carbocycles. The maximum atomic E-state index is 13.1. The monoisotopic (exact) mass is 222 g/mol. The second-order valence-corrected chi connectivity index (χ2v) is 4.42. The Bertz CT molecular complexity index is 357. The Morgan fingerprint density at radius 3 is 2.50 bits per heavy atom. The molecule has 1 aromatic carbocycles. The number of likely N-dealkylation sites (N-methyl/N-ethyl adjacent to an activating group) is 1. The van der Waals surface area contributed by atoms with E-state index in [-0.39, 0.29) is 5.82 Å². The minimum Gasteiger partial charge on any atom is -0.369 e. The van der Waals surface area contributed by atoms with Crippen molar-refractivity contribution in [3.63, 3.8) is 0 Å². The summed E-state index contributed by atoms with van der Waals surface area (Å²) in [6, 6.07) is 5.14. The summed E-state index contributed by atoms with van der Waals surface area (Å²) in [5.74, 6) is -0.130. The third-order valence-electron chi connectivity index (χ3n) is 3.27. The number of piperazine rings is 1. The molecule has 1 aliphatic rings. The summed E-state index contributed by atoms with van der Waals surface area (Å²) in [6.45, 7) is 6.32. The van der Waals surface area contributed by atoms with Gasteiger partial charge in [0.15, 0.2) is 0 Å². The lowest BCUT2D eigenvalue weighted by molar-refractivity contribution is 0.312. The van der Waals surface area contributed by atoms with Crippen LogP contribution in [0.1, 0.15) is 12.5 Å². The van der Waals surface area contributed by atoms with Crippen molar-refractivity contribution in [2.45, 2.75) is 13.3 Å². The molecule has 1 aromatic rings. The van der Waals surface area contributed by atoms with Crippen molar-refractivity contribution in [3.05, 3.63) is 29.6 Å².